The first kappa shape index (κ1) is 23.7. The van der Waals surface area contributed by atoms with Gasteiger partial charge in [-0.2, -0.15) is 0 Å². The van der Waals surface area contributed by atoms with E-state index in [2.05, 4.69) is 0 Å². The summed E-state index contributed by atoms with van der Waals surface area (Å²) < 4.78 is 30.9. The van der Waals surface area contributed by atoms with E-state index in [4.69, 9.17) is 0 Å². The summed E-state index contributed by atoms with van der Waals surface area (Å²) in [5, 5.41) is 38.1. The molecule has 4 N–H and O–H groups in total. The lowest BCUT2D eigenvalue weighted by molar-refractivity contribution is -0.688. The zero-order chi connectivity index (χ0) is 24.2. The van der Waals surface area contributed by atoms with Crippen LogP contribution in [0.25, 0.3) is 11.1 Å². The molecule has 0 aliphatic heterocycles. The summed E-state index contributed by atoms with van der Waals surface area (Å²) in [4.78, 5) is 0. The highest BCUT2D eigenvalue weighted by Crippen LogP contribution is 2.16. The van der Waals surface area contributed by atoms with E-state index in [-0.39, 0.29) is 24.0 Å². The zero-order valence-electron chi connectivity index (χ0n) is 18.1. The summed E-state index contributed by atoms with van der Waals surface area (Å²) in [6.45, 7) is 0.541. The third-order valence-electron chi connectivity index (χ3n) is 5.59. The van der Waals surface area contributed by atoms with Crippen LogP contribution < -0.4 is 20.1 Å². The molecule has 0 amide bonds. The molecule has 2 aromatic carbocycles. The lowest BCUT2D eigenvalue weighted by Crippen LogP contribution is -2.40. The summed E-state index contributed by atoms with van der Waals surface area (Å²) in [7, 11) is -3.37. The van der Waals surface area contributed by atoms with Crippen LogP contribution in [0.3, 0.4) is 0 Å². The number of hydrogen-bond donors (Lipinski definition) is 4. The summed E-state index contributed by atoms with van der Waals surface area (Å²) in [5.41, 5.74) is 3.31. The molecule has 0 bridgehead atoms. The monoisotopic (exact) mass is 462 g/mol. The van der Waals surface area contributed by atoms with Crippen LogP contribution in [-0.4, -0.2) is 34.3 Å². The van der Waals surface area contributed by atoms with Crippen molar-refractivity contribution in [2.45, 2.75) is 13.1 Å². The predicted octanol–water partition coefficient (Wildman–Crippen LogP) is -0.337. The molecule has 170 valence electrons. The van der Waals surface area contributed by atoms with Crippen molar-refractivity contribution in [3.8, 4) is 11.1 Å². The van der Waals surface area contributed by atoms with E-state index in [9.17, 15) is 28.9 Å². The average Bonchev–Trinajstić information content (AvgIpc) is 2.80. The van der Waals surface area contributed by atoms with Gasteiger partial charge in [-0.1, -0.05) is 12.1 Å². The van der Waals surface area contributed by atoms with Gasteiger partial charge in [0, 0.05) is 35.4 Å². The summed E-state index contributed by atoms with van der Waals surface area (Å²) in [6, 6.07) is 15.2. The molecular weight excluding hydrogens is 440 g/mol. The maximum Gasteiger partial charge on any atom is 0.488 e. The highest BCUT2D eigenvalue weighted by Gasteiger charge is 2.20. The highest BCUT2D eigenvalue weighted by atomic mass is 19.1. The minimum atomic E-state index is -1.68. The van der Waals surface area contributed by atoms with Crippen LogP contribution >= 0.6 is 0 Å². The van der Waals surface area contributed by atoms with Crippen LogP contribution in [0.2, 0.25) is 0 Å². The molecular formula is C24H22B2F2N2O4+2. The van der Waals surface area contributed by atoms with Gasteiger partial charge in [-0.25, -0.2) is 17.9 Å². The molecule has 34 heavy (non-hydrogen) atoms. The molecule has 2 heterocycles. The maximum atomic E-state index is 13.6. The first-order valence-electron chi connectivity index (χ1n) is 10.6. The van der Waals surface area contributed by atoms with Gasteiger partial charge in [-0.05, 0) is 46.3 Å². The highest BCUT2D eigenvalue weighted by molar-refractivity contribution is 6.59. The Bertz CT molecular complexity index is 1190. The summed E-state index contributed by atoms with van der Waals surface area (Å²) in [5.74, 6) is -0.902. The SMILES string of the molecule is OB(O)c1ccc(F)cc1C[n+]1ccc(-c2cc[n+](Cc3cc(F)ccc3B(O)O)cc2)cc1. The largest absolute Gasteiger partial charge is 0.488 e. The molecule has 0 spiro atoms. The third-order valence-corrected chi connectivity index (χ3v) is 5.59. The topological polar surface area (TPSA) is 88.7 Å². The molecule has 2 aromatic heterocycles. The molecule has 4 aromatic rings. The van der Waals surface area contributed by atoms with Crippen molar-refractivity contribution in [2.75, 3.05) is 0 Å². The van der Waals surface area contributed by atoms with Crippen LogP contribution in [0.4, 0.5) is 8.78 Å². The van der Waals surface area contributed by atoms with Crippen LogP contribution in [0.1, 0.15) is 11.1 Å². The average molecular weight is 462 g/mol. The number of benzene rings is 2. The van der Waals surface area contributed by atoms with Gasteiger partial charge in [-0.3, -0.25) is 0 Å². The Morgan fingerprint density at radius 3 is 1.24 bits per heavy atom. The number of halogens is 2. The van der Waals surface area contributed by atoms with E-state index < -0.39 is 25.9 Å². The number of nitrogens with zero attached hydrogens (tertiary/aromatic N) is 2. The molecule has 0 aliphatic rings. The van der Waals surface area contributed by atoms with Crippen molar-refractivity contribution in [1.82, 2.24) is 0 Å². The van der Waals surface area contributed by atoms with Crippen molar-refractivity contribution in [3.05, 3.63) is 108 Å². The fourth-order valence-electron chi connectivity index (χ4n) is 3.83. The fourth-order valence-corrected chi connectivity index (χ4v) is 3.83. The summed E-state index contributed by atoms with van der Waals surface area (Å²) >= 11 is 0. The van der Waals surface area contributed by atoms with Crippen molar-refractivity contribution in [1.29, 1.82) is 0 Å². The van der Waals surface area contributed by atoms with Crippen LogP contribution in [0.5, 0.6) is 0 Å². The van der Waals surface area contributed by atoms with Crippen LogP contribution in [-0.2, 0) is 13.1 Å². The predicted molar refractivity (Wildman–Crippen MR) is 123 cm³/mol. The lowest BCUT2D eigenvalue weighted by atomic mass is 9.77. The second-order valence-electron chi connectivity index (χ2n) is 7.95. The first-order valence-corrected chi connectivity index (χ1v) is 10.6. The van der Waals surface area contributed by atoms with Gasteiger partial charge in [0.15, 0.2) is 37.9 Å². The van der Waals surface area contributed by atoms with E-state index in [0.29, 0.717) is 11.1 Å². The van der Waals surface area contributed by atoms with Gasteiger partial charge in [0.2, 0.25) is 0 Å². The lowest BCUT2D eigenvalue weighted by Gasteiger charge is -2.07. The molecule has 10 heteroatoms. The number of aromatic nitrogens is 2. The molecule has 0 aliphatic carbocycles. The Labute approximate surface area is 195 Å². The maximum absolute atomic E-state index is 13.6. The number of pyridine rings is 2. The van der Waals surface area contributed by atoms with Crippen molar-refractivity contribution in [3.63, 3.8) is 0 Å². The van der Waals surface area contributed by atoms with E-state index in [1.807, 2.05) is 49.1 Å². The van der Waals surface area contributed by atoms with Gasteiger partial charge in [0.25, 0.3) is 0 Å². The fraction of sp³-hybridized carbons (Fsp3) is 0.0833. The molecule has 6 nitrogen and oxygen atoms in total. The number of rotatable bonds is 7. The molecule has 0 fully saturated rings. The zero-order valence-corrected chi connectivity index (χ0v) is 18.1. The standard InChI is InChI=1S/C24H22B2F2N2O4/c27-21-1-3-23(25(31)32)19(13-21)15-29-9-5-17(6-10-29)18-7-11-30(12-8-18)16-20-14-22(28)2-4-24(20)26(33)34/h1-14,31-34H,15-16H2/q+2. The Morgan fingerprint density at radius 1 is 0.559 bits per heavy atom. The normalized spacial score (nSPS) is 10.9. The molecule has 0 saturated carbocycles. The van der Waals surface area contributed by atoms with Gasteiger partial charge >= 0.3 is 14.2 Å². The Morgan fingerprint density at radius 2 is 0.912 bits per heavy atom. The van der Waals surface area contributed by atoms with E-state index in [1.54, 1.807) is 9.13 Å². The molecule has 0 atom stereocenters. The van der Waals surface area contributed by atoms with Crippen LogP contribution in [0, 0.1) is 11.6 Å². The van der Waals surface area contributed by atoms with E-state index in [0.717, 1.165) is 11.1 Å². The molecule has 4 rings (SSSR count). The first-order chi connectivity index (χ1) is 16.3. The quantitative estimate of drug-likeness (QED) is 0.224. The van der Waals surface area contributed by atoms with Gasteiger partial charge in [0.05, 0.1) is 0 Å². The smallest absolute Gasteiger partial charge is 0.423 e. The van der Waals surface area contributed by atoms with Crippen LogP contribution in [0.15, 0.2) is 85.5 Å². The minimum Gasteiger partial charge on any atom is -0.423 e. The Balaban J connectivity index is 1.49. The Kier molecular flexibility index (Phi) is 7.14. The second-order valence-corrected chi connectivity index (χ2v) is 7.95. The van der Waals surface area contributed by atoms with Crippen molar-refractivity contribution >= 4 is 25.2 Å². The van der Waals surface area contributed by atoms with Gasteiger partial charge < -0.3 is 20.1 Å². The minimum absolute atomic E-state index is 0.251. The Hall–Kier alpha value is -3.43. The van der Waals surface area contributed by atoms with Crippen molar-refractivity contribution in [2.24, 2.45) is 0 Å². The van der Waals surface area contributed by atoms with E-state index >= 15 is 0 Å². The summed E-state index contributed by atoms with van der Waals surface area (Å²) in [6.07, 6.45) is 7.26. The number of hydrogen-bond acceptors (Lipinski definition) is 4. The van der Waals surface area contributed by atoms with Crippen molar-refractivity contribution < 1.29 is 38.0 Å². The molecule has 0 saturated heterocycles. The molecule has 0 radical (unpaired) electrons. The van der Waals surface area contributed by atoms with Gasteiger partial charge in [-0.15, -0.1) is 0 Å². The molecule has 0 unspecified atom stereocenters. The second kappa shape index (κ2) is 10.2. The van der Waals surface area contributed by atoms with Gasteiger partial charge in [0.1, 0.15) is 11.6 Å². The van der Waals surface area contributed by atoms with E-state index in [1.165, 1.54) is 36.4 Å². The third kappa shape index (κ3) is 5.55.